The zero-order valence-corrected chi connectivity index (χ0v) is 11.8. The molecule has 2 aromatic rings. The highest BCUT2D eigenvalue weighted by atomic mass is 16.5. The third-order valence-corrected chi connectivity index (χ3v) is 3.11. The number of ether oxygens (including phenoxy) is 1. The lowest BCUT2D eigenvalue weighted by molar-refractivity contribution is -0.149. The van der Waals surface area contributed by atoms with Crippen LogP contribution in [0.3, 0.4) is 0 Å². The maximum Gasteiger partial charge on any atom is 0.313 e. The van der Waals surface area contributed by atoms with Crippen LogP contribution in [0, 0.1) is 0 Å². The molecule has 0 amide bonds. The van der Waals surface area contributed by atoms with E-state index in [0.717, 1.165) is 5.56 Å². The number of rotatable bonds is 5. The SMILES string of the molecule is CC(=O)CC(=O)OC(C)Cc1cccc2ccccc12. The summed E-state index contributed by atoms with van der Waals surface area (Å²) >= 11 is 0. The largest absolute Gasteiger partial charge is 0.462 e. The van der Waals surface area contributed by atoms with E-state index in [4.69, 9.17) is 4.74 Å². The Morgan fingerprint density at radius 1 is 1.10 bits per heavy atom. The van der Waals surface area contributed by atoms with Gasteiger partial charge in [-0.3, -0.25) is 9.59 Å². The van der Waals surface area contributed by atoms with Crippen LogP contribution >= 0.6 is 0 Å². The average Bonchev–Trinajstić information content (AvgIpc) is 2.38. The van der Waals surface area contributed by atoms with Crippen LogP contribution in [0.1, 0.15) is 25.8 Å². The number of carbonyl (C=O) groups is 2. The molecule has 0 saturated carbocycles. The van der Waals surface area contributed by atoms with Crippen molar-refractivity contribution in [2.24, 2.45) is 0 Å². The lowest BCUT2D eigenvalue weighted by Crippen LogP contribution is -2.19. The van der Waals surface area contributed by atoms with Crippen molar-refractivity contribution in [3.05, 3.63) is 48.0 Å². The van der Waals surface area contributed by atoms with Gasteiger partial charge in [0.25, 0.3) is 0 Å². The predicted octanol–water partition coefficient (Wildman–Crippen LogP) is 3.29. The van der Waals surface area contributed by atoms with Crippen LogP contribution in [-0.4, -0.2) is 17.9 Å². The zero-order chi connectivity index (χ0) is 14.5. The maximum atomic E-state index is 11.5. The standard InChI is InChI=1S/C17H18O3/c1-12(18)10-17(19)20-13(2)11-15-8-5-7-14-6-3-4-9-16(14)15/h3-9,13H,10-11H2,1-2H3. The van der Waals surface area contributed by atoms with Gasteiger partial charge in [0.15, 0.2) is 0 Å². The normalized spacial score (nSPS) is 12.1. The lowest BCUT2D eigenvalue weighted by atomic mass is 10.0. The Morgan fingerprint density at radius 2 is 1.80 bits per heavy atom. The van der Waals surface area contributed by atoms with Gasteiger partial charge >= 0.3 is 5.97 Å². The minimum absolute atomic E-state index is 0.153. The van der Waals surface area contributed by atoms with E-state index in [1.807, 2.05) is 31.2 Å². The molecule has 104 valence electrons. The van der Waals surface area contributed by atoms with Crippen molar-refractivity contribution < 1.29 is 14.3 Å². The maximum absolute atomic E-state index is 11.5. The highest BCUT2D eigenvalue weighted by molar-refractivity contribution is 5.94. The fourth-order valence-corrected chi connectivity index (χ4v) is 2.29. The van der Waals surface area contributed by atoms with E-state index in [-0.39, 0.29) is 18.3 Å². The van der Waals surface area contributed by atoms with Gasteiger partial charge in [0.1, 0.15) is 18.3 Å². The summed E-state index contributed by atoms with van der Waals surface area (Å²) in [4.78, 5) is 22.3. The second kappa shape index (κ2) is 6.33. The van der Waals surface area contributed by atoms with Crippen LogP contribution in [0.2, 0.25) is 0 Å². The molecule has 0 aliphatic heterocycles. The number of Topliss-reactive ketones (excluding diaryl/α,β-unsaturated/α-hetero) is 1. The number of fused-ring (bicyclic) bond motifs is 1. The minimum Gasteiger partial charge on any atom is -0.462 e. The molecule has 0 spiro atoms. The molecule has 2 rings (SSSR count). The summed E-state index contributed by atoms with van der Waals surface area (Å²) in [6.07, 6.45) is 0.248. The van der Waals surface area contributed by atoms with E-state index in [9.17, 15) is 9.59 Å². The number of benzene rings is 2. The molecule has 2 aromatic carbocycles. The van der Waals surface area contributed by atoms with Crippen LogP contribution in [-0.2, 0) is 20.7 Å². The van der Waals surface area contributed by atoms with Gasteiger partial charge < -0.3 is 4.74 Å². The van der Waals surface area contributed by atoms with Crippen molar-refractivity contribution in [3.63, 3.8) is 0 Å². The number of esters is 1. The number of hydrogen-bond acceptors (Lipinski definition) is 3. The number of hydrogen-bond donors (Lipinski definition) is 0. The summed E-state index contributed by atoms with van der Waals surface area (Å²) in [5.41, 5.74) is 1.14. The fraction of sp³-hybridized carbons (Fsp3) is 0.294. The molecular weight excluding hydrogens is 252 g/mol. The fourth-order valence-electron chi connectivity index (χ4n) is 2.29. The number of ketones is 1. The van der Waals surface area contributed by atoms with Gasteiger partial charge in [0.2, 0.25) is 0 Å². The van der Waals surface area contributed by atoms with Gasteiger partial charge in [-0.15, -0.1) is 0 Å². The average molecular weight is 270 g/mol. The quantitative estimate of drug-likeness (QED) is 0.618. The van der Waals surface area contributed by atoms with Gasteiger partial charge in [-0.25, -0.2) is 0 Å². The first kappa shape index (κ1) is 14.3. The Hall–Kier alpha value is -2.16. The predicted molar refractivity (Wildman–Crippen MR) is 78.5 cm³/mol. The molecule has 0 bridgehead atoms. The minimum atomic E-state index is -0.453. The summed E-state index contributed by atoms with van der Waals surface area (Å²) in [5.74, 6) is -0.627. The van der Waals surface area contributed by atoms with Crippen molar-refractivity contribution in [3.8, 4) is 0 Å². The lowest BCUT2D eigenvalue weighted by Gasteiger charge is -2.14. The first-order valence-corrected chi connectivity index (χ1v) is 6.72. The van der Waals surface area contributed by atoms with Crippen LogP contribution in [0.5, 0.6) is 0 Å². The number of carbonyl (C=O) groups excluding carboxylic acids is 2. The van der Waals surface area contributed by atoms with Gasteiger partial charge in [0.05, 0.1) is 0 Å². The topological polar surface area (TPSA) is 43.4 Å². The molecular formula is C17H18O3. The van der Waals surface area contributed by atoms with Crippen LogP contribution in [0.15, 0.2) is 42.5 Å². The van der Waals surface area contributed by atoms with E-state index in [1.54, 1.807) is 0 Å². The summed E-state index contributed by atoms with van der Waals surface area (Å²) < 4.78 is 5.25. The van der Waals surface area contributed by atoms with E-state index in [2.05, 4.69) is 18.2 Å². The van der Waals surface area contributed by atoms with Crippen LogP contribution in [0.4, 0.5) is 0 Å². The summed E-state index contributed by atoms with van der Waals surface area (Å²) in [6.45, 7) is 3.23. The molecule has 20 heavy (non-hydrogen) atoms. The second-order valence-electron chi connectivity index (χ2n) is 5.02. The Labute approximate surface area is 118 Å². The monoisotopic (exact) mass is 270 g/mol. The molecule has 0 fully saturated rings. The molecule has 3 heteroatoms. The van der Waals surface area contributed by atoms with Crippen molar-refractivity contribution in [1.82, 2.24) is 0 Å². The molecule has 1 atom stereocenters. The van der Waals surface area contributed by atoms with Crippen LogP contribution < -0.4 is 0 Å². The van der Waals surface area contributed by atoms with Gasteiger partial charge in [-0.05, 0) is 30.2 Å². The molecule has 0 N–H and O–H groups in total. The van der Waals surface area contributed by atoms with Crippen molar-refractivity contribution in [2.75, 3.05) is 0 Å². The van der Waals surface area contributed by atoms with E-state index >= 15 is 0 Å². The molecule has 0 aliphatic rings. The second-order valence-corrected chi connectivity index (χ2v) is 5.02. The highest BCUT2D eigenvalue weighted by Crippen LogP contribution is 2.20. The Bertz CT molecular complexity index is 626. The third kappa shape index (κ3) is 3.67. The third-order valence-electron chi connectivity index (χ3n) is 3.11. The van der Waals surface area contributed by atoms with Crippen molar-refractivity contribution in [1.29, 1.82) is 0 Å². The van der Waals surface area contributed by atoms with E-state index < -0.39 is 5.97 Å². The molecule has 1 unspecified atom stereocenters. The molecule has 0 saturated heterocycles. The van der Waals surface area contributed by atoms with Crippen molar-refractivity contribution in [2.45, 2.75) is 32.8 Å². The summed E-state index contributed by atoms with van der Waals surface area (Å²) in [7, 11) is 0. The van der Waals surface area contributed by atoms with Crippen LogP contribution in [0.25, 0.3) is 10.8 Å². The smallest absolute Gasteiger partial charge is 0.313 e. The summed E-state index contributed by atoms with van der Waals surface area (Å²) in [5, 5.41) is 2.34. The Morgan fingerprint density at radius 3 is 2.55 bits per heavy atom. The first-order valence-electron chi connectivity index (χ1n) is 6.72. The highest BCUT2D eigenvalue weighted by Gasteiger charge is 2.13. The van der Waals surface area contributed by atoms with Gasteiger partial charge in [-0.1, -0.05) is 42.5 Å². The summed E-state index contributed by atoms with van der Waals surface area (Å²) in [6, 6.07) is 14.2. The van der Waals surface area contributed by atoms with Gasteiger partial charge in [-0.2, -0.15) is 0 Å². The van der Waals surface area contributed by atoms with E-state index in [1.165, 1.54) is 17.7 Å². The zero-order valence-electron chi connectivity index (χ0n) is 11.8. The molecule has 0 radical (unpaired) electrons. The Balaban J connectivity index is 2.08. The van der Waals surface area contributed by atoms with Crippen molar-refractivity contribution >= 4 is 22.5 Å². The molecule has 3 nitrogen and oxygen atoms in total. The Kier molecular flexibility index (Phi) is 4.51. The van der Waals surface area contributed by atoms with Gasteiger partial charge in [0, 0.05) is 6.42 Å². The van der Waals surface area contributed by atoms with E-state index in [0.29, 0.717) is 6.42 Å². The first-order chi connectivity index (χ1) is 9.56. The molecule has 0 heterocycles. The molecule has 0 aromatic heterocycles. The molecule has 0 aliphatic carbocycles.